The van der Waals surface area contributed by atoms with Gasteiger partial charge in [0, 0.05) is 12.7 Å². The molecule has 0 aliphatic carbocycles. The normalized spacial score (nSPS) is 21.8. The minimum atomic E-state index is -0.963. The molecule has 5 heteroatoms. The maximum absolute atomic E-state index is 12.5. The number of rotatable bonds is 4. The number of carboxylic acid groups (broad SMARTS) is 1. The topological polar surface area (TPSA) is 69.6 Å². The molecule has 0 bridgehead atoms. The van der Waals surface area contributed by atoms with E-state index < -0.39 is 5.97 Å². The molecule has 0 spiro atoms. The number of anilines is 1. The van der Waals surface area contributed by atoms with Crippen LogP contribution in [0.1, 0.15) is 36.5 Å². The van der Waals surface area contributed by atoms with Crippen molar-refractivity contribution in [3.8, 4) is 0 Å². The highest BCUT2D eigenvalue weighted by molar-refractivity contribution is 5.97. The fourth-order valence-corrected chi connectivity index (χ4v) is 2.74. The molecule has 5 nitrogen and oxygen atoms in total. The highest BCUT2D eigenvalue weighted by atomic mass is 16.4. The minimum absolute atomic E-state index is 0.0382. The highest BCUT2D eigenvalue weighted by Crippen LogP contribution is 2.22. The maximum atomic E-state index is 12.5. The molecule has 114 valence electrons. The van der Waals surface area contributed by atoms with Crippen molar-refractivity contribution >= 4 is 17.6 Å². The number of benzene rings is 1. The van der Waals surface area contributed by atoms with E-state index in [4.69, 9.17) is 5.11 Å². The second kappa shape index (κ2) is 6.72. The number of carboxylic acids is 1. The molecule has 1 saturated heterocycles. The Kier molecular flexibility index (Phi) is 4.96. The number of likely N-dealkylation sites (N-methyl/N-ethyl adjacent to an activating group) is 1. The van der Waals surface area contributed by atoms with Crippen molar-refractivity contribution in [2.45, 2.75) is 32.2 Å². The van der Waals surface area contributed by atoms with Gasteiger partial charge in [0.25, 0.3) is 0 Å². The van der Waals surface area contributed by atoms with E-state index in [1.165, 1.54) is 12.1 Å². The van der Waals surface area contributed by atoms with Gasteiger partial charge in [0.05, 0.1) is 11.6 Å². The van der Waals surface area contributed by atoms with Crippen molar-refractivity contribution in [1.82, 2.24) is 5.32 Å². The lowest BCUT2D eigenvalue weighted by atomic mass is 9.90. The van der Waals surface area contributed by atoms with Gasteiger partial charge in [-0.05, 0) is 49.6 Å². The monoisotopic (exact) mass is 290 g/mol. The summed E-state index contributed by atoms with van der Waals surface area (Å²) >= 11 is 0. The second-order valence-electron chi connectivity index (χ2n) is 5.55. The van der Waals surface area contributed by atoms with E-state index in [-0.39, 0.29) is 17.5 Å². The third-order valence-electron chi connectivity index (χ3n) is 4.22. The van der Waals surface area contributed by atoms with E-state index in [1.54, 1.807) is 24.1 Å². The first-order valence-corrected chi connectivity index (χ1v) is 7.37. The smallest absolute Gasteiger partial charge is 0.335 e. The molecule has 1 amide bonds. The molecule has 1 aliphatic rings. The van der Waals surface area contributed by atoms with Gasteiger partial charge < -0.3 is 15.3 Å². The highest BCUT2D eigenvalue weighted by Gasteiger charge is 2.28. The van der Waals surface area contributed by atoms with Crippen LogP contribution in [0.5, 0.6) is 0 Å². The third kappa shape index (κ3) is 3.61. The molecule has 21 heavy (non-hydrogen) atoms. The zero-order valence-electron chi connectivity index (χ0n) is 12.5. The number of carbonyl (C=O) groups excluding carboxylic acids is 1. The molecule has 0 aromatic heterocycles. The van der Waals surface area contributed by atoms with Crippen molar-refractivity contribution in [2.75, 3.05) is 18.5 Å². The quantitative estimate of drug-likeness (QED) is 0.891. The summed E-state index contributed by atoms with van der Waals surface area (Å²) in [6.07, 6.45) is 3.09. The number of aromatic carboxylic acids is 1. The summed E-state index contributed by atoms with van der Waals surface area (Å²) in [5.74, 6) is -0.325. The van der Waals surface area contributed by atoms with Crippen LogP contribution in [0.25, 0.3) is 0 Å². The van der Waals surface area contributed by atoms with Crippen LogP contribution in [0, 0.1) is 5.92 Å². The lowest BCUT2D eigenvalue weighted by Gasteiger charge is -2.31. The van der Waals surface area contributed by atoms with Crippen LogP contribution < -0.4 is 10.2 Å². The minimum Gasteiger partial charge on any atom is -0.478 e. The molecular formula is C16H22N2O3. The summed E-state index contributed by atoms with van der Waals surface area (Å²) in [6, 6.07) is 6.23. The number of nitrogens with one attached hydrogen (secondary N) is 1. The van der Waals surface area contributed by atoms with Crippen LogP contribution in [-0.4, -0.2) is 36.6 Å². The molecule has 2 rings (SSSR count). The van der Waals surface area contributed by atoms with Gasteiger partial charge in [-0.15, -0.1) is 0 Å². The number of hydrogen-bond donors (Lipinski definition) is 2. The number of hydrogen-bond acceptors (Lipinski definition) is 3. The van der Waals surface area contributed by atoms with E-state index in [0.717, 1.165) is 25.8 Å². The Morgan fingerprint density at radius 1 is 1.33 bits per heavy atom. The predicted octanol–water partition coefficient (Wildman–Crippen LogP) is 2.13. The van der Waals surface area contributed by atoms with Crippen LogP contribution in [0.2, 0.25) is 0 Å². The number of amides is 1. The van der Waals surface area contributed by atoms with Crippen LogP contribution in [-0.2, 0) is 4.79 Å². The fraction of sp³-hybridized carbons (Fsp3) is 0.500. The fourth-order valence-electron chi connectivity index (χ4n) is 2.74. The summed E-state index contributed by atoms with van der Waals surface area (Å²) in [5, 5.41) is 12.2. The second-order valence-corrected chi connectivity index (χ2v) is 5.55. The first-order chi connectivity index (χ1) is 10.0. The van der Waals surface area contributed by atoms with Crippen molar-refractivity contribution in [3.05, 3.63) is 29.8 Å². The van der Waals surface area contributed by atoms with Gasteiger partial charge in [0.15, 0.2) is 0 Å². The Labute approximate surface area is 125 Å². The Morgan fingerprint density at radius 2 is 2.00 bits per heavy atom. The Balaban J connectivity index is 2.06. The maximum Gasteiger partial charge on any atom is 0.335 e. The van der Waals surface area contributed by atoms with Crippen molar-refractivity contribution < 1.29 is 14.7 Å². The molecule has 1 aromatic carbocycles. The summed E-state index contributed by atoms with van der Waals surface area (Å²) in [4.78, 5) is 25.0. The molecule has 2 N–H and O–H groups in total. The summed E-state index contributed by atoms with van der Waals surface area (Å²) < 4.78 is 0. The average molecular weight is 290 g/mol. The van der Waals surface area contributed by atoms with Gasteiger partial charge in [0.1, 0.15) is 0 Å². The largest absolute Gasteiger partial charge is 0.478 e. The standard InChI is InChI=1S/C16H22N2O3/c1-3-11-8-9-17-14(10-11)15(19)18(2)13-6-4-12(5-7-13)16(20)21/h4-7,11,14,17H,3,8-10H2,1-2H3,(H,20,21). The Bertz CT molecular complexity index is 513. The third-order valence-corrected chi connectivity index (χ3v) is 4.22. The van der Waals surface area contributed by atoms with Crippen LogP contribution in [0.15, 0.2) is 24.3 Å². The zero-order valence-corrected chi connectivity index (χ0v) is 12.5. The van der Waals surface area contributed by atoms with Crippen LogP contribution in [0.4, 0.5) is 5.69 Å². The van der Waals surface area contributed by atoms with E-state index in [2.05, 4.69) is 12.2 Å². The molecule has 1 fully saturated rings. The van der Waals surface area contributed by atoms with Gasteiger partial charge in [0.2, 0.25) is 5.91 Å². The van der Waals surface area contributed by atoms with Gasteiger partial charge >= 0.3 is 5.97 Å². The summed E-state index contributed by atoms with van der Waals surface area (Å²) in [5.41, 5.74) is 0.937. The number of piperidine rings is 1. The van der Waals surface area contributed by atoms with Gasteiger partial charge in [-0.2, -0.15) is 0 Å². The first-order valence-electron chi connectivity index (χ1n) is 7.37. The summed E-state index contributed by atoms with van der Waals surface area (Å²) in [6.45, 7) is 3.03. The Morgan fingerprint density at radius 3 is 2.57 bits per heavy atom. The average Bonchev–Trinajstić information content (AvgIpc) is 2.53. The van der Waals surface area contributed by atoms with Crippen molar-refractivity contribution in [3.63, 3.8) is 0 Å². The van der Waals surface area contributed by atoms with Gasteiger partial charge in [-0.25, -0.2) is 4.79 Å². The lowest BCUT2D eigenvalue weighted by Crippen LogP contribution is -2.49. The SMILES string of the molecule is CCC1CCNC(C(=O)N(C)c2ccc(C(=O)O)cc2)C1. The van der Waals surface area contributed by atoms with Gasteiger partial charge in [-0.1, -0.05) is 13.3 Å². The summed E-state index contributed by atoms with van der Waals surface area (Å²) in [7, 11) is 1.73. The molecule has 1 aromatic rings. The van der Waals surface area contributed by atoms with E-state index in [0.29, 0.717) is 11.6 Å². The molecule has 1 aliphatic heterocycles. The number of nitrogens with zero attached hydrogens (tertiary/aromatic N) is 1. The lowest BCUT2D eigenvalue weighted by molar-refractivity contribution is -0.121. The van der Waals surface area contributed by atoms with Gasteiger partial charge in [-0.3, -0.25) is 4.79 Å². The molecule has 2 atom stereocenters. The van der Waals surface area contributed by atoms with E-state index >= 15 is 0 Å². The molecule has 0 saturated carbocycles. The van der Waals surface area contributed by atoms with Crippen molar-refractivity contribution in [1.29, 1.82) is 0 Å². The van der Waals surface area contributed by atoms with E-state index in [1.807, 2.05) is 0 Å². The first kappa shape index (κ1) is 15.5. The molecule has 2 unspecified atom stereocenters. The Hall–Kier alpha value is -1.88. The van der Waals surface area contributed by atoms with Crippen LogP contribution >= 0.6 is 0 Å². The molecule has 0 radical (unpaired) electrons. The zero-order chi connectivity index (χ0) is 15.4. The molecule has 1 heterocycles. The van der Waals surface area contributed by atoms with Crippen molar-refractivity contribution in [2.24, 2.45) is 5.92 Å². The predicted molar refractivity (Wildman–Crippen MR) is 81.6 cm³/mol. The van der Waals surface area contributed by atoms with E-state index in [9.17, 15) is 9.59 Å². The van der Waals surface area contributed by atoms with Crippen LogP contribution in [0.3, 0.4) is 0 Å². The molecular weight excluding hydrogens is 268 g/mol. The number of carbonyl (C=O) groups is 2.